The fourth-order valence-electron chi connectivity index (χ4n) is 2.51. The van der Waals surface area contributed by atoms with E-state index in [-0.39, 0.29) is 23.6 Å². The van der Waals surface area contributed by atoms with E-state index in [1.807, 2.05) is 0 Å². The van der Waals surface area contributed by atoms with Crippen LogP contribution in [-0.4, -0.2) is 5.11 Å². The van der Waals surface area contributed by atoms with Crippen molar-refractivity contribution in [3.05, 3.63) is 71.5 Å². The Labute approximate surface area is 120 Å². The van der Waals surface area contributed by atoms with E-state index in [1.165, 1.54) is 30.3 Å². The Kier molecular flexibility index (Phi) is 3.26. The normalized spacial score (nSPS) is 14.3. The maximum atomic E-state index is 14.0. The van der Waals surface area contributed by atoms with Crippen molar-refractivity contribution >= 4 is 11.0 Å². The van der Waals surface area contributed by atoms with E-state index in [0.29, 0.717) is 11.0 Å². The number of halogens is 2. The minimum atomic E-state index is -1.58. The Morgan fingerprint density at radius 3 is 2.57 bits per heavy atom. The van der Waals surface area contributed by atoms with Gasteiger partial charge in [0.05, 0.1) is 0 Å². The first-order valence-corrected chi connectivity index (χ1v) is 6.71. The molecule has 1 unspecified atom stereocenters. The maximum Gasteiger partial charge on any atom is 0.150 e. The maximum absolute atomic E-state index is 14.0. The molecular weight excluding hydrogens is 274 g/mol. The number of benzene rings is 2. The molecule has 0 bridgehead atoms. The molecule has 0 aliphatic rings. The summed E-state index contributed by atoms with van der Waals surface area (Å²) in [5.74, 6) is -0.690. The first-order chi connectivity index (χ1) is 10.0. The molecule has 3 aromatic rings. The molecule has 0 aliphatic heterocycles. The highest BCUT2D eigenvalue weighted by Crippen LogP contribution is 2.37. The minimum Gasteiger partial charge on any atom is -0.458 e. The standard InChI is InChI=1S/C17H14F2O2/c1-2-17(20,13-5-3-4-6-14(13)19)16-10-11-9-12(18)7-8-15(11)21-16/h3-10,20H,2H2,1H3. The highest BCUT2D eigenvalue weighted by Gasteiger charge is 2.35. The van der Waals surface area contributed by atoms with Gasteiger partial charge in [-0.1, -0.05) is 25.1 Å². The van der Waals surface area contributed by atoms with Crippen LogP contribution in [0.1, 0.15) is 24.7 Å². The predicted octanol–water partition coefficient (Wildman–Crippen LogP) is 4.36. The van der Waals surface area contributed by atoms with E-state index in [1.54, 1.807) is 25.1 Å². The van der Waals surface area contributed by atoms with E-state index in [0.717, 1.165) is 0 Å². The molecule has 1 atom stereocenters. The Bertz CT molecular complexity index is 794. The van der Waals surface area contributed by atoms with Crippen molar-refractivity contribution in [3.8, 4) is 0 Å². The van der Waals surface area contributed by atoms with Gasteiger partial charge in [-0.15, -0.1) is 0 Å². The van der Waals surface area contributed by atoms with Gasteiger partial charge in [-0.25, -0.2) is 8.78 Å². The van der Waals surface area contributed by atoms with Gasteiger partial charge < -0.3 is 9.52 Å². The zero-order valence-electron chi connectivity index (χ0n) is 11.4. The predicted molar refractivity (Wildman–Crippen MR) is 75.9 cm³/mol. The molecule has 2 aromatic carbocycles. The summed E-state index contributed by atoms with van der Waals surface area (Å²) in [4.78, 5) is 0. The number of hydrogen-bond acceptors (Lipinski definition) is 2. The zero-order chi connectivity index (χ0) is 15.0. The molecule has 0 radical (unpaired) electrons. The van der Waals surface area contributed by atoms with E-state index >= 15 is 0 Å². The van der Waals surface area contributed by atoms with Gasteiger partial charge in [-0.2, -0.15) is 0 Å². The first-order valence-electron chi connectivity index (χ1n) is 6.71. The van der Waals surface area contributed by atoms with Crippen LogP contribution in [0.3, 0.4) is 0 Å². The lowest BCUT2D eigenvalue weighted by atomic mass is 9.88. The van der Waals surface area contributed by atoms with Crippen LogP contribution in [0.2, 0.25) is 0 Å². The van der Waals surface area contributed by atoms with Gasteiger partial charge in [0, 0.05) is 10.9 Å². The second kappa shape index (κ2) is 4.97. The van der Waals surface area contributed by atoms with Crippen molar-refractivity contribution in [3.63, 3.8) is 0 Å². The van der Waals surface area contributed by atoms with Crippen LogP contribution in [0, 0.1) is 11.6 Å². The van der Waals surface area contributed by atoms with E-state index in [9.17, 15) is 13.9 Å². The summed E-state index contributed by atoms with van der Waals surface area (Å²) in [5.41, 5.74) is -0.984. The number of aliphatic hydroxyl groups is 1. The lowest BCUT2D eigenvalue weighted by Crippen LogP contribution is -2.27. The van der Waals surface area contributed by atoms with Crippen LogP contribution in [0.5, 0.6) is 0 Å². The summed E-state index contributed by atoms with van der Waals surface area (Å²) in [7, 11) is 0. The molecule has 0 saturated heterocycles. The third-order valence-corrected chi connectivity index (χ3v) is 3.72. The number of hydrogen-bond donors (Lipinski definition) is 1. The van der Waals surface area contributed by atoms with Crippen LogP contribution in [-0.2, 0) is 5.60 Å². The van der Waals surface area contributed by atoms with Crippen LogP contribution in [0.15, 0.2) is 52.9 Å². The Hall–Kier alpha value is -2.20. The molecule has 108 valence electrons. The Morgan fingerprint density at radius 1 is 1.10 bits per heavy atom. The van der Waals surface area contributed by atoms with Gasteiger partial charge in [-0.05, 0) is 36.8 Å². The zero-order valence-corrected chi connectivity index (χ0v) is 11.4. The molecule has 1 aromatic heterocycles. The van der Waals surface area contributed by atoms with Crippen LogP contribution in [0.4, 0.5) is 8.78 Å². The topological polar surface area (TPSA) is 33.4 Å². The van der Waals surface area contributed by atoms with Crippen molar-refractivity contribution in [2.45, 2.75) is 18.9 Å². The summed E-state index contributed by atoms with van der Waals surface area (Å²) in [6.07, 6.45) is 0.232. The molecule has 1 heterocycles. The average Bonchev–Trinajstić information content (AvgIpc) is 2.90. The Balaban J connectivity index is 2.19. The molecule has 0 fully saturated rings. The molecule has 0 spiro atoms. The largest absolute Gasteiger partial charge is 0.458 e. The van der Waals surface area contributed by atoms with Crippen LogP contribution in [0.25, 0.3) is 11.0 Å². The van der Waals surface area contributed by atoms with E-state index in [4.69, 9.17) is 4.42 Å². The Morgan fingerprint density at radius 2 is 1.86 bits per heavy atom. The highest BCUT2D eigenvalue weighted by molar-refractivity contribution is 5.78. The van der Waals surface area contributed by atoms with Crippen molar-refractivity contribution in [2.75, 3.05) is 0 Å². The molecule has 0 aliphatic carbocycles. The van der Waals surface area contributed by atoms with Gasteiger partial charge in [-0.3, -0.25) is 0 Å². The third kappa shape index (κ3) is 2.21. The monoisotopic (exact) mass is 288 g/mol. The van der Waals surface area contributed by atoms with Crippen molar-refractivity contribution < 1.29 is 18.3 Å². The summed E-state index contributed by atoms with van der Waals surface area (Å²) in [5, 5.41) is 11.4. The fourth-order valence-corrected chi connectivity index (χ4v) is 2.51. The van der Waals surface area contributed by atoms with E-state index < -0.39 is 11.4 Å². The molecular formula is C17H14F2O2. The molecule has 0 saturated carbocycles. The second-order valence-electron chi connectivity index (χ2n) is 4.99. The van der Waals surface area contributed by atoms with Gasteiger partial charge >= 0.3 is 0 Å². The number of fused-ring (bicyclic) bond motifs is 1. The summed E-state index contributed by atoms with van der Waals surface area (Å²) < 4.78 is 32.9. The SMILES string of the molecule is CCC(O)(c1cc2cc(F)ccc2o1)c1ccccc1F. The fraction of sp³-hybridized carbons (Fsp3) is 0.176. The van der Waals surface area contributed by atoms with Gasteiger partial charge in [0.15, 0.2) is 0 Å². The molecule has 3 rings (SSSR count). The lowest BCUT2D eigenvalue weighted by molar-refractivity contribution is 0.0508. The number of rotatable bonds is 3. The van der Waals surface area contributed by atoms with Crippen LogP contribution < -0.4 is 0 Å². The first kappa shape index (κ1) is 13.8. The average molecular weight is 288 g/mol. The number of furan rings is 1. The van der Waals surface area contributed by atoms with Crippen LogP contribution >= 0.6 is 0 Å². The summed E-state index contributed by atoms with van der Waals surface area (Å²) >= 11 is 0. The van der Waals surface area contributed by atoms with Crippen molar-refractivity contribution in [1.82, 2.24) is 0 Å². The third-order valence-electron chi connectivity index (χ3n) is 3.72. The molecule has 0 amide bonds. The van der Waals surface area contributed by atoms with Crippen molar-refractivity contribution in [1.29, 1.82) is 0 Å². The second-order valence-corrected chi connectivity index (χ2v) is 4.99. The minimum absolute atomic E-state index is 0.145. The molecule has 21 heavy (non-hydrogen) atoms. The van der Waals surface area contributed by atoms with Gasteiger partial charge in [0.25, 0.3) is 0 Å². The van der Waals surface area contributed by atoms with Gasteiger partial charge in [0.1, 0.15) is 28.6 Å². The van der Waals surface area contributed by atoms with Gasteiger partial charge in [0.2, 0.25) is 0 Å². The quantitative estimate of drug-likeness (QED) is 0.777. The lowest BCUT2D eigenvalue weighted by Gasteiger charge is -2.25. The highest BCUT2D eigenvalue weighted by atomic mass is 19.1. The molecule has 4 heteroatoms. The summed E-state index contributed by atoms with van der Waals surface area (Å²) in [6, 6.07) is 11.7. The smallest absolute Gasteiger partial charge is 0.150 e. The summed E-state index contributed by atoms with van der Waals surface area (Å²) in [6.45, 7) is 1.74. The van der Waals surface area contributed by atoms with Crippen molar-refractivity contribution in [2.24, 2.45) is 0 Å². The molecule has 1 N–H and O–H groups in total. The van der Waals surface area contributed by atoms with E-state index in [2.05, 4.69) is 0 Å². The molecule has 2 nitrogen and oxygen atoms in total.